The van der Waals surface area contributed by atoms with Gasteiger partial charge in [-0.2, -0.15) is 0 Å². The van der Waals surface area contributed by atoms with Crippen LogP contribution in [0.5, 0.6) is 0 Å². The number of ether oxygens (including phenoxy) is 2. The maximum atomic E-state index is 12.4. The lowest BCUT2D eigenvalue weighted by Crippen LogP contribution is -2.41. The molecular weight excluding hydrogens is 306 g/mol. The van der Waals surface area contributed by atoms with Crippen LogP contribution in [0.1, 0.15) is 72.1 Å². The van der Waals surface area contributed by atoms with Gasteiger partial charge in [-0.3, -0.25) is 4.90 Å². The number of aliphatic hydroxyl groups excluding tert-OH is 1. The molecule has 5 nitrogen and oxygen atoms in total. The zero-order chi connectivity index (χ0) is 17.6. The SMILES string of the molecule is CC(C)(C)OC(=O)N1CCCC=C1C(O)CCCC1CCCCO1. The lowest BCUT2D eigenvalue weighted by Gasteiger charge is -2.33. The van der Waals surface area contributed by atoms with Gasteiger partial charge in [-0.1, -0.05) is 6.08 Å². The molecule has 2 heterocycles. The predicted octanol–water partition coefficient (Wildman–Crippen LogP) is 4.00. The quantitative estimate of drug-likeness (QED) is 0.822. The van der Waals surface area contributed by atoms with Gasteiger partial charge in [0, 0.05) is 18.8 Å². The highest BCUT2D eigenvalue weighted by molar-refractivity contribution is 5.71. The Morgan fingerprint density at radius 1 is 1.42 bits per heavy atom. The van der Waals surface area contributed by atoms with Crippen LogP contribution in [0.2, 0.25) is 0 Å². The summed E-state index contributed by atoms with van der Waals surface area (Å²) in [4.78, 5) is 14.0. The summed E-state index contributed by atoms with van der Waals surface area (Å²) in [5.74, 6) is 0. The molecule has 2 aliphatic rings. The first-order valence-electron chi connectivity index (χ1n) is 9.37. The van der Waals surface area contributed by atoms with Crippen molar-refractivity contribution < 1.29 is 19.4 Å². The zero-order valence-corrected chi connectivity index (χ0v) is 15.4. The number of hydrogen-bond donors (Lipinski definition) is 1. The number of carbonyl (C=O) groups is 1. The first kappa shape index (κ1) is 19.3. The molecule has 0 aromatic carbocycles. The normalized spacial score (nSPS) is 23.6. The van der Waals surface area contributed by atoms with Crippen LogP contribution >= 0.6 is 0 Å². The third-order valence-electron chi connectivity index (χ3n) is 4.48. The molecule has 24 heavy (non-hydrogen) atoms. The van der Waals surface area contributed by atoms with Gasteiger partial charge in [0.15, 0.2) is 0 Å². The highest BCUT2D eigenvalue weighted by Gasteiger charge is 2.29. The molecule has 1 amide bonds. The van der Waals surface area contributed by atoms with E-state index in [1.54, 1.807) is 4.90 Å². The van der Waals surface area contributed by atoms with Crippen molar-refractivity contribution in [1.82, 2.24) is 4.90 Å². The molecule has 1 N–H and O–H groups in total. The molecule has 0 bridgehead atoms. The average Bonchev–Trinajstić information content (AvgIpc) is 2.54. The second kappa shape index (κ2) is 8.86. The zero-order valence-electron chi connectivity index (χ0n) is 15.4. The molecule has 0 saturated carbocycles. The van der Waals surface area contributed by atoms with E-state index in [1.165, 1.54) is 6.42 Å². The summed E-state index contributed by atoms with van der Waals surface area (Å²) in [6, 6.07) is 0. The van der Waals surface area contributed by atoms with Gasteiger partial charge in [0.25, 0.3) is 0 Å². The first-order valence-corrected chi connectivity index (χ1v) is 9.37. The van der Waals surface area contributed by atoms with E-state index < -0.39 is 11.7 Å². The Morgan fingerprint density at radius 3 is 2.88 bits per heavy atom. The summed E-state index contributed by atoms with van der Waals surface area (Å²) >= 11 is 0. The molecule has 0 radical (unpaired) electrons. The second-order valence-electron chi connectivity index (χ2n) is 7.84. The van der Waals surface area contributed by atoms with Gasteiger partial charge in [0.05, 0.1) is 12.2 Å². The van der Waals surface area contributed by atoms with Gasteiger partial charge in [-0.25, -0.2) is 4.79 Å². The minimum atomic E-state index is -0.610. The molecule has 2 aliphatic heterocycles. The number of hydrogen-bond acceptors (Lipinski definition) is 4. The first-order chi connectivity index (χ1) is 11.4. The third kappa shape index (κ3) is 6.10. The number of rotatable bonds is 5. The fraction of sp³-hybridized carbons (Fsp3) is 0.842. The summed E-state index contributed by atoms with van der Waals surface area (Å²) in [6.07, 6.45) is 9.24. The Labute approximate surface area is 146 Å². The van der Waals surface area contributed by atoms with Crippen LogP contribution in [0.25, 0.3) is 0 Å². The minimum absolute atomic E-state index is 0.341. The molecule has 0 aliphatic carbocycles. The Hall–Kier alpha value is -1.07. The maximum Gasteiger partial charge on any atom is 0.414 e. The Morgan fingerprint density at radius 2 is 2.21 bits per heavy atom. The average molecular weight is 339 g/mol. The topological polar surface area (TPSA) is 59.0 Å². The summed E-state index contributed by atoms with van der Waals surface area (Å²) < 4.78 is 11.2. The Bertz CT molecular complexity index is 435. The van der Waals surface area contributed by atoms with Crippen molar-refractivity contribution >= 4 is 6.09 Å². The van der Waals surface area contributed by atoms with E-state index >= 15 is 0 Å². The molecule has 5 heteroatoms. The molecule has 0 aromatic heterocycles. The molecule has 1 fully saturated rings. The lowest BCUT2D eigenvalue weighted by molar-refractivity contribution is 0.00684. The van der Waals surface area contributed by atoms with Crippen LogP contribution in [-0.2, 0) is 9.47 Å². The van der Waals surface area contributed by atoms with Crippen molar-refractivity contribution in [3.8, 4) is 0 Å². The van der Waals surface area contributed by atoms with Crippen molar-refractivity contribution in [2.45, 2.75) is 89.9 Å². The lowest BCUT2D eigenvalue weighted by atomic mass is 9.99. The second-order valence-corrected chi connectivity index (χ2v) is 7.84. The Kier molecular flexibility index (Phi) is 7.11. The number of allylic oxidation sites excluding steroid dienone is 1. The maximum absolute atomic E-state index is 12.4. The standard InChI is InChI=1S/C19H33NO4/c1-19(2,3)24-18(22)20-13-6-4-11-16(20)17(21)12-8-10-15-9-5-7-14-23-15/h11,15,17,21H,4-10,12-14H2,1-3H3. The number of aliphatic hydroxyl groups is 1. The predicted molar refractivity (Wildman–Crippen MR) is 93.7 cm³/mol. The summed E-state index contributed by atoms with van der Waals surface area (Å²) in [6.45, 7) is 7.06. The van der Waals surface area contributed by atoms with Crippen LogP contribution in [0.4, 0.5) is 4.79 Å². The summed E-state index contributed by atoms with van der Waals surface area (Å²) in [7, 11) is 0. The highest BCUT2D eigenvalue weighted by atomic mass is 16.6. The molecule has 2 atom stereocenters. The van der Waals surface area contributed by atoms with Crippen molar-refractivity contribution in [2.75, 3.05) is 13.2 Å². The molecule has 138 valence electrons. The van der Waals surface area contributed by atoms with Crippen LogP contribution in [-0.4, -0.2) is 47.1 Å². The molecular formula is C19H33NO4. The van der Waals surface area contributed by atoms with Crippen molar-refractivity contribution in [1.29, 1.82) is 0 Å². The van der Waals surface area contributed by atoms with Crippen LogP contribution < -0.4 is 0 Å². The fourth-order valence-corrected chi connectivity index (χ4v) is 3.29. The van der Waals surface area contributed by atoms with E-state index in [0.717, 1.165) is 45.1 Å². The van der Waals surface area contributed by atoms with Crippen molar-refractivity contribution in [2.24, 2.45) is 0 Å². The van der Waals surface area contributed by atoms with Gasteiger partial charge in [-0.05, 0) is 72.1 Å². The molecule has 2 unspecified atom stereocenters. The van der Waals surface area contributed by atoms with Gasteiger partial charge in [0.2, 0.25) is 0 Å². The molecule has 0 spiro atoms. The van der Waals surface area contributed by atoms with Crippen molar-refractivity contribution in [3.63, 3.8) is 0 Å². The number of carbonyl (C=O) groups excluding carboxylic acids is 1. The molecule has 0 aromatic rings. The van der Waals surface area contributed by atoms with E-state index in [0.29, 0.717) is 24.8 Å². The minimum Gasteiger partial charge on any atom is -0.443 e. The smallest absolute Gasteiger partial charge is 0.414 e. The van der Waals surface area contributed by atoms with E-state index in [9.17, 15) is 9.90 Å². The Balaban J connectivity index is 1.84. The van der Waals surface area contributed by atoms with Crippen LogP contribution in [0, 0.1) is 0 Å². The number of nitrogens with zero attached hydrogens (tertiary/aromatic N) is 1. The van der Waals surface area contributed by atoms with Gasteiger partial charge < -0.3 is 14.6 Å². The fourth-order valence-electron chi connectivity index (χ4n) is 3.29. The van der Waals surface area contributed by atoms with E-state index in [1.807, 2.05) is 26.8 Å². The highest BCUT2D eigenvalue weighted by Crippen LogP contribution is 2.25. The monoisotopic (exact) mass is 339 g/mol. The summed E-state index contributed by atoms with van der Waals surface area (Å²) in [5.41, 5.74) is 0.184. The molecule has 2 rings (SSSR count). The van der Waals surface area contributed by atoms with Gasteiger partial charge >= 0.3 is 6.09 Å². The summed E-state index contributed by atoms with van der Waals surface area (Å²) in [5, 5.41) is 10.6. The van der Waals surface area contributed by atoms with Crippen molar-refractivity contribution in [3.05, 3.63) is 11.8 Å². The third-order valence-corrected chi connectivity index (χ3v) is 4.48. The van der Waals surface area contributed by atoms with Gasteiger partial charge in [0.1, 0.15) is 5.60 Å². The van der Waals surface area contributed by atoms with Gasteiger partial charge in [-0.15, -0.1) is 0 Å². The van der Waals surface area contributed by atoms with E-state index in [2.05, 4.69) is 0 Å². The van der Waals surface area contributed by atoms with Crippen LogP contribution in [0.15, 0.2) is 11.8 Å². The number of amides is 1. The van der Waals surface area contributed by atoms with E-state index in [4.69, 9.17) is 9.47 Å². The largest absolute Gasteiger partial charge is 0.443 e. The molecule has 1 saturated heterocycles. The van der Waals surface area contributed by atoms with E-state index in [-0.39, 0.29) is 6.09 Å². The van der Waals surface area contributed by atoms with Crippen LogP contribution in [0.3, 0.4) is 0 Å².